The van der Waals surface area contributed by atoms with Crippen molar-refractivity contribution in [1.29, 1.82) is 0 Å². The van der Waals surface area contributed by atoms with E-state index in [1.54, 1.807) is 14.2 Å². The van der Waals surface area contributed by atoms with Crippen molar-refractivity contribution in [2.24, 2.45) is 0 Å². The number of aromatic nitrogens is 3. The van der Waals surface area contributed by atoms with Gasteiger partial charge in [0, 0.05) is 44.5 Å². The largest absolute Gasteiger partial charge is 0.497 e. The molecule has 1 amide bonds. The average molecular weight is 594 g/mol. The van der Waals surface area contributed by atoms with Gasteiger partial charge in [0.2, 0.25) is 0 Å². The summed E-state index contributed by atoms with van der Waals surface area (Å²) in [5.41, 5.74) is 5.73. The second kappa shape index (κ2) is 12.0. The molecule has 1 aliphatic rings. The monoisotopic (exact) mass is 592 g/mol. The Morgan fingerprint density at radius 2 is 1.90 bits per heavy atom. The first-order chi connectivity index (χ1) is 18.9. The number of H-pyrrole nitrogens is 1. The number of hydrogen-bond acceptors (Lipinski definition) is 7. The number of likely N-dealkylation sites (tertiary alicyclic amines) is 1. The van der Waals surface area contributed by atoms with Gasteiger partial charge in [0.25, 0.3) is 5.91 Å². The Labute approximate surface area is 236 Å². The summed E-state index contributed by atoms with van der Waals surface area (Å²) in [5.74, 6) is 2.09. The molecule has 0 radical (unpaired) electrons. The molecule has 4 aromatic rings. The van der Waals surface area contributed by atoms with E-state index in [2.05, 4.69) is 53.6 Å². The molecule has 1 aliphatic heterocycles. The number of pyridine rings is 1. The van der Waals surface area contributed by atoms with Crippen molar-refractivity contribution in [3.8, 4) is 22.9 Å². The van der Waals surface area contributed by atoms with Crippen LogP contribution in [0.15, 0.2) is 53.1 Å². The highest BCUT2D eigenvalue weighted by Crippen LogP contribution is 2.34. The van der Waals surface area contributed by atoms with E-state index in [0.29, 0.717) is 11.8 Å². The van der Waals surface area contributed by atoms with Gasteiger partial charge >= 0.3 is 0 Å². The van der Waals surface area contributed by atoms with Crippen molar-refractivity contribution in [1.82, 2.24) is 25.2 Å². The quantitative estimate of drug-likeness (QED) is 0.254. The molecule has 9 nitrogen and oxygen atoms in total. The molecular weight excluding hydrogens is 560 g/mol. The van der Waals surface area contributed by atoms with E-state index in [-0.39, 0.29) is 12.5 Å². The van der Waals surface area contributed by atoms with Crippen LogP contribution in [-0.2, 0) is 11.3 Å². The number of likely N-dealkylation sites (N-methyl/N-ethyl adjacent to an activating group) is 1. The highest BCUT2D eigenvalue weighted by Gasteiger charge is 2.22. The van der Waals surface area contributed by atoms with Crippen LogP contribution >= 0.6 is 15.9 Å². The fourth-order valence-electron chi connectivity index (χ4n) is 4.84. The van der Waals surface area contributed by atoms with Gasteiger partial charge in [-0.15, -0.1) is 0 Å². The van der Waals surface area contributed by atoms with Crippen LogP contribution in [-0.4, -0.2) is 65.7 Å². The molecule has 204 valence electrons. The van der Waals surface area contributed by atoms with Crippen molar-refractivity contribution in [2.75, 3.05) is 39.2 Å². The molecule has 0 unspecified atom stereocenters. The number of nitrogens with zero attached hydrogens (tertiary/aromatic N) is 3. The highest BCUT2D eigenvalue weighted by atomic mass is 79.9. The molecule has 1 fully saturated rings. The summed E-state index contributed by atoms with van der Waals surface area (Å²) in [6, 6.07) is 14.4. The zero-order chi connectivity index (χ0) is 27.4. The molecule has 0 atom stereocenters. The molecule has 3 heterocycles. The van der Waals surface area contributed by atoms with E-state index in [1.807, 2.05) is 43.5 Å². The van der Waals surface area contributed by atoms with Crippen molar-refractivity contribution >= 4 is 38.7 Å². The molecule has 0 aliphatic carbocycles. The number of carbonyl (C=O) groups is 1. The fourth-order valence-corrected chi connectivity index (χ4v) is 5.24. The lowest BCUT2D eigenvalue weighted by atomic mass is 10.0. The molecule has 5 rings (SSSR count). The Balaban J connectivity index is 1.26. The van der Waals surface area contributed by atoms with E-state index >= 15 is 0 Å². The minimum absolute atomic E-state index is 0.0205. The molecule has 3 N–H and O–H groups in total. The maximum absolute atomic E-state index is 11.5. The molecule has 1 saturated heterocycles. The summed E-state index contributed by atoms with van der Waals surface area (Å²) >= 11 is 3.69. The summed E-state index contributed by atoms with van der Waals surface area (Å²) in [6.45, 7) is 4.96. The molecule has 10 heteroatoms. The number of ether oxygens (including phenoxy) is 2. The van der Waals surface area contributed by atoms with Crippen molar-refractivity contribution in [2.45, 2.75) is 32.4 Å². The number of aromatic amines is 1. The van der Waals surface area contributed by atoms with Gasteiger partial charge in [-0.1, -0.05) is 12.1 Å². The number of anilines is 1. The molecular formula is C29H33BrN6O3. The standard InChI is InChI=1S/C29H33BrN6O3/c1-18-14-22(39-17-25(37)31-2)8-9-23(18)28-34-27-26(24(30)15-32-29(27)35-28)33-20-10-12-36(13-11-20)16-19-4-6-21(38-3)7-5-19/h4-9,14-15,20H,10-13,16-17H2,1-3H3,(H,31,37)(H2,32,33,34,35). The Bertz CT molecular complexity index is 1450. The van der Waals surface area contributed by atoms with Crippen LogP contribution in [0, 0.1) is 6.92 Å². The van der Waals surface area contributed by atoms with Crippen molar-refractivity contribution in [3.05, 3.63) is 64.3 Å². The maximum Gasteiger partial charge on any atom is 0.257 e. The Hall–Kier alpha value is -3.63. The second-order valence-electron chi connectivity index (χ2n) is 9.75. The van der Waals surface area contributed by atoms with Gasteiger partial charge in [-0.25, -0.2) is 9.97 Å². The van der Waals surface area contributed by atoms with E-state index in [1.165, 1.54) is 5.56 Å². The lowest BCUT2D eigenvalue weighted by Crippen LogP contribution is -2.38. The zero-order valence-corrected chi connectivity index (χ0v) is 24.0. The highest BCUT2D eigenvalue weighted by molar-refractivity contribution is 9.10. The van der Waals surface area contributed by atoms with Crippen LogP contribution in [0.25, 0.3) is 22.6 Å². The van der Waals surface area contributed by atoms with Gasteiger partial charge in [-0.2, -0.15) is 0 Å². The summed E-state index contributed by atoms with van der Waals surface area (Å²) < 4.78 is 11.7. The van der Waals surface area contributed by atoms with Crippen LogP contribution in [0.2, 0.25) is 0 Å². The third-order valence-corrected chi connectivity index (χ3v) is 7.67. The fraction of sp³-hybridized carbons (Fsp3) is 0.345. The molecule has 0 spiro atoms. The third kappa shape index (κ3) is 6.34. The topological polar surface area (TPSA) is 104 Å². The minimum Gasteiger partial charge on any atom is -0.497 e. The number of nitrogens with one attached hydrogen (secondary N) is 3. The minimum atomic E-state index is -0.173. The van der Waals surface area contributed by atoms with Crippen molar-refractivity contribution < 1.29 is 14.3 Å². The van der Waals surface area contributed by atoms with E-state index in [0.717, 1.165) is 76.5 Å². The number of aryl methyl sites for hydroxylation is 1. The van der Waals surface area contributed by atoms with Crippen LogP contribution < -0.4 is 20.1 Å². The predicted octanol–water partition coefficient (Wildman–Crippen LogP) is 4.91. The van der Waals surface area contributed by atoms with Crippen LogP contribution in [0.1, 0.15) is 24.0 Å². The first kappa shape index (κ1) is 27.0. The Morgan fingerprint density at radius 3 is 2.59 bits per heavy atom. The van der Waals surface area contributed by atoms with E-state index in [4.69, 9.17) is 14.5 Å². The van der Waals surface area contributed by atoms with Crippen molar-refractivity contribution in [3.63, 3.8) is 0 Å². The third-order valence-electron chi connectivity index (χ3n) is 7.07. The lowest BCUT2D eigenvalue weighted by Gasteiger charge is -2.33. The average Bonchev–Trinajstić information content (AvgIpc) is 3.39. The molecule has 2 aromatic carbocycles. The lowest BCUT2D eigenvalue weighted by molar-refractivity contribution is -0.122. The molecule has 39 heavy (non-hydrogen) atoms. The van der Waals surface area contributed by atoms with Crippen LogP contribution in [0.3, 0.4) is 0 Å². The summed E-state index contributed by atoms with van der Waals surface area (Å²) in [7, 11) is 3.28. The SMILES string of the molecule is CNC(=O)COc1ccc(-c2nc3c(NC4CCN(Cc5ccc(OC)cc5)CC4)c(Br)cnc3[nH]2)c(C)c1. The smallest absolute Gasteiger partial charge is 0.257 e. The second-order valence-corrected chi connectivity index (χ2v) is 10.6. The van der Waals surface area contributed by atoms with Crippen LogP contribution in [0.5, 0.6) is 11.5 Å². The first-order valence-corrected chi connectivity index (χ1v) is 13.8. The van der Waals surface area contributed by atoms with Gasteiger partial charge in [0.15, 0.2) is 12.3 Å². The van der Waals surface area contributed by atoms with Gasteiger partial charge in [0.05, 0.1) is 17.3 Å². The number of imidazole rings is 1. The predicted molar refractivity (Wildman–Crippen MR) is 156 cm³/mol. The number of halogens is 1. The number of fused-ring (bicyclic) bond motifs is 1. The normalized spacial score (nSPS) is 14.4. The van der Waals surface area contributed by atoms with Crippen LogP contribution in [0.4, 0.5) is 5.69 Å². The number of methoxy groups -OCH3 is 1. The number of benzene rings is 2. The summed E-state index contributed by atoms with van der Waals surface area (Å²) in [6.07, 6.45) is 3.90. The van der Waals surface area contributed by atoms with E-state index < -0.39 is 0 Å². The number of hydrogen-bond donors (Lipinski definition) is 3. The van der Waals surface area contributed by atoms with Gasteiger partial charge < -0.3 is 25.1 Å². The molecule has 0 saturated carbocycles. The van der Waals surface area contributed by atoms with Gasteiger partial charge in [-0.3, -0.25) is 9.69 Å². The number of rotatable bonds is 9. The number of amides is 1. The number of carbonyl (C=O) groups excluding carboxylic acids is 1. The maximum atomic E-state index is 11.5. The van der Waals surface area contributed by atoms with E-state index in [9.17, 15) is 4.79 Å². The molecule has 0 bridgehead atoms. The molecule has 2 aromatic heterocycles. The number of piperidine rings is 1. The van der Waals surface area contributed by atoms with Gasteiger partial charge in [-0.05, 0) is 77.2 Å². The Kier molecular flexibility index (Phi) is 8.33. The summed E-state index contributed by atoms with van der Waals surface area (Å²) in [5, 5.41) is 6.30. The summed E-state index contributed by atoms with van der Waals surface area (Å²) in [4.78, 5) is 26.9. The zero-order valence-electron chi connectivity index (χ0n) is 22.4. The first-order valence-electron chi connectivity index (χ1n) is 13.0. The van der Waals surface area contributed by atoms with Gasteiger partial charge in [0.1, 0.15) is 22.8 Å². The Morgan fingerprint density at radius 1 is 1.15 bits per heavy atom.